The summed E-state index contributed by atoms with van der Waals surface area (Å²) in [6, 6.07) is 24.0. The van der Waals surface area contributed by atoms with Gasteiger partial charge in [-0.05, 0) is 28.2 Å². The van der Waals surface area contributed by atoms with Crippen molar-refractivity contribution in [2.75, 3.05) is 4.31 Å². The minimum absolute atomic E-state index is 0.106. The van der Waals surface area contributed by atoms with Crippen LogP contribution in [0.3, 0.4) is 0 Å². The van der Waals surface area contributed by atoms with Crippen LogP contribution >= 0.6 is 0 Å². The van der Waals surface area contributed by atoms with E-state index < -0.39 is 27.8 Å². The molecular formula is C24H26N2O4S. The molecule has 3 rings (SSSR count). The van der Waals surface area contributed by atoms with Crippen molar-refractivity contribution in [3.8, 4) is 0 Å². The summed E-state index contributed by atoms with van der Waals surface area (Å²) in [6.45, 7) is 5.72. The third-order valence-electron chi connectivity index (χ3n) is 4.88. The number of para-hydroxylation sites is 1. The second-order valence-electron chi connectivity index (χ2n) is 8.19. The lowest BCUT2D eigenvalue weighted by molar-refractivity contribution is 0.206. The fourth-order valence-electron chi connectivity index (χ4n) is 3.44. The quantitative estimate of drug-likeness (QED) is 0.561. The minimum Gasteiger partial charge on any atom is -0.464 e. The van der Waals surface area contributed by atoms with Gasteiger partial charge in [0.25, 0.3) is 0 Å². The van der Waals surface area contributed by atoms with Crippen molar-refractivity contribution in [1.82, 2.24) is 4.72 Å². The zero-order valence-corrected chi connectivity index (χ0v) is 18.5. The van der Waals surface area contributed by atoms with E-state index in [4.69, 9.17) is 0 Å². The van der Waals surface area contributed by atoms with Gasteiger partial charge in [-0.3, -0.25) is 0 Å². The number of anilines is 1. The number of hydrogen-bond acceptors (Lipinski definition) is 3. The second-order valence-corrected chi connectivity index (χ2v) is 9.74. The number of hydrogen-bond donors (Lipinski definition) is 2. The molecule has 0 atom stereocenters. The SMILES string of the molecule is CC(C)(C)c1ccccc1N(C(=O)O)S(=O)(=O)NC(c1ccccc1)c1ccccc1. The molecule has 2 N–H and O–H groups in total. The Balaban J connectivity index is 2.10. The lowest BCUT2D eigenvalue weighted by Gasteiger charge is -2.29. The van der Waals surface area contributed by atoms with E-state index in [0.717, 1.165) is 0 Å². The summed E-state index contributed by atoms with van der Waals surface area (Å²) >= 11 is 0. The lowest BCUT2D eigenvalue weighted by Crippen LogP contribution is -2.46. The van der Waals surface area contributed by atoms with E-state index in [0.29, 0.717) is 21.0 Å². The van der Waals surface area contributed by atoms with Gasteiger partial charge >= 0.3 is 16.3 Å². The van der Waals surface area contributed by atoms with Crippen LogP contribution in [-0.4, -0.2) is 19.6 Å². The maximum absolute atomic E-state index is 13.4. The third-order valence-corrected chi connectivity index (χ3v) is 6.24. The standard InChI is InChI=1S/C24H26N2O4S/c1-24(2,3)20-16-10-11-17-21(20)26(23(27)28)31(29,30)25-22(18-12-6-4-7-13-18)19-14-8-5-9-15-19/h4-17,22,25H,1-3H3,(H,27,28). The number of nitrogens with zero attached hydrogens (tertiary/aromatic N) is 1. The van der Waals surface area contributed by atoms with Crippen molar-refractivity contribution in [2.24, 2.45) is 0 Å². The van der Waals surface area contributed by atoms with Gasteiger partial charge in [0.1, 0.15) is 0 Å². The van der Waals surface area contributed by atoms with E-state index in [1.165, 1.54) is 6.07 Å². The normalized spacial score (nSPS) is 12.0. The summed E-state index contributed by atoms with van der Waals surface area (Å²) in [6.07, 6.45) is -1.58. The first kappa shape index (κ1) is 22.5. The van der Waals surface area contributed by atoms with Crippen LogP contribution in [0.4, 0.5) is 10.5 Å². The highest BCUT2D eigenvalue weighted by Crippen LogP contribution is 2.34. The van der Waals surface area contributed by atoms with Crippen molar-refractivity contribution in [2.45, 2.75) is 32.2 Å². The lowest BCUT2D eigenvalue weighted by atomic mass is 9.86. The molecule has 1 amide bonds. The first-order valence-electron chi connectivity index (χ1n) is 9.86. The number of nitrogens with one attached hydrogen (secondary N) is 1. The Bertz CT molecular complexity index is 1100. The van der Waals surface area contributed by atoms with Gasteiger partial charge in [0.05, 0.1) is 11.7 Å². The Morgan fingerprint density at radius 2 is 1.29 bits per heavy atom. The van der Waals surface area contributed by atoms with Crippen molar-refractivity contribution >= 4 is 22.0 Å². The number of carbonyl (C=O) groups is 1. The summed E-state index contributed by atoms with van der Waals surface area (Å²) in [4.78, 5) is 12.2. The van der Waals surface area contributed by atoms with Gasteiger partial charge in [-0.1, -0.05) is 99.6 Å². The fraction of sp³-hybridized carbons (Fsp3) is 0.208. The molecule has 0 aliphatic rings. The highest BCUT2D eigenvalue weighted by Gasteiger charge is 2.35. The number of carboxylic acid groups (broad SMARTS) is 1. The predicted molar refractivity (Wildman–Crippen MR) is 122 cm³/mol. The molecule has 0 spiro atoms. The molecular weight excluding hydrogens is 412 g/mol. The van der Waals surface area contributed by atoms with E-state index in [9.17, 15) is 18.3 Å². The summed E-state index contributed by atoms with van der Waals surface area (Å²) < 4.78 is 29.9. The summed E-state index contributed by atoms with van der Waals surface area (Å²) in [7, 11) is -4.47. The average Bonchev–Trinajstić information content (AvgIpc) is 2.72. The molecule has 3 aromatic rings. The maximum atomic E-state index is 13.4. The van der Waals surface area contributed by atoms with E-state index in [1.54, 1.807) is 42.5 Å². The van der Waals surface area contributed by atoms with E-state index >= 15 is 0 Å². The Labute approximate surface area is 183 Å². The average molecular weight is 439 g/mol. The number of rotatable bonds is 6. The monoisotopic (exact) mass is 438 g/mol. The summed E-state index contributed by atoms with van der Waals surface area (Å²) in [5.41, 5.74) is 1.66. The topological polar surface area (TPSA) is 86.7 Å². The number of amides is 1. The van der Waals surface area contributed by atoms with Crippen LogP contribution < -0.4 is 9.03 Å². The molecule has 0 aliphatic carbocycles. The summed E-state index contributed by atoms with van der Waals surface area (Å²) in [5.74, 6) is 0. The Morgan fingerprint density at radius 3 is 1.74 bits per heavy atom. The van der Waals surface area contributed by atoms with Gasteiger partial charge in [-0.15, -0.1) is 0 Å². The van der Waals surface area contributed by atoms with Crippen LogP contribution in [0.25, 0.3) is 0 Å². The van der Waals surface area contributed by atoms with Crippen molar-refractivity contribution < 1.29 is 18.3 Å². The maximum Gasteiger partial charge on any atom is 0.426 e. The molecule has 3 aromatic carbocycles. The van der Waals surface area contributed by atoms with Crippen LogP contribution in [0, 0.1) is 0 Å². The molecule has 0 aliphatic heterocycles. The Morgan fingerprint density at radius 1 is 0.839 bits per heavy atom. The molecule has 0 fully saturated rings. The van der Waals surface area contributed by atoms with Crippen LogP contribution in [0.2, 0.25) is 0 Å². The van der Waals surface area contributed by atoms with Gasteiger partial charge in [-0.2, -0.15) is 17.4 Å². The van der Waals surface area contributed by atoms with Gasteiger partial charge in [-0.25, -0.2) is 4.79 Å². The first-order valence-corrected chi connectivity index (χ1v) is 11.3. The predicted octanol–water partition coefficient (Wildman–Crippen LogP) is 5.09. The van der Waals surface area contributed by atoms with Crippen LogP contribution in [0.1, 0.15) is 43.5 Å². The smallest absolute Gasteiger partial charge is 0.426 e. The summed E-state index contributed by atoms with van der Waals surface area (Å²) in [5, 5.41) is 9.91. The minimum atomic E-state index is -4.47. The Kier molecular flexibility index (Phi) is 6.48. The highest BCUT2D eigenvalue weighted by molar-refractivity contribution is 7.91. The van der Waals surface area contributed by atoms with E-state index in [1.807, 2.05) is 57.2 Å². The molecule has 7 heteroatoms. The van der Waals surface area contributed by atoms with Crippen LogP contribution in [0.5, 0.6) is 0 Å². The molecule has 0 aromatic heterocycles. The molecule has 31 heavy (non-hydrogen) atoms. The first-order chi connectivity index (χ1) is 14.6. The third kappa shape index (κ3) is 5.13. The fourth-order valence-corrected chi connectivity index (χ4v) is 4.74. The highest BCUT2D eigenvalue weighted by atomic mass is 32.2. The van der Waals surface area contributed by atoms with Gasteiger partial charge in [0.2, 0.25) is 0 Å². The van der Waals surface area contributed by atoms with Crippen LogP contribution in [0.15, 0.2) is 84.9 Å². The zero-order valence-electron chi connectivity index (χ0n) is 17.7. The van der Waals surface area contributed by atoms with E-state index in [2.05, 4.69) is 4.72 Å². The van der Waals surface area contributed by atoms with Crippen molar-refractivity contribution in [3.63, 3.8) is 0 Å². The zero-order chi connectivity index (χ0) is 22.6. The Hall–Kier alpha value is -3.16. The van der Waals surface area contributed by atoms with E-state index in [-0.39, 0.29) is 5.69 Å². The largest absolute Gasteiger partial charge is 0.464 e. The van der Waals surface area contributed by atoms with Crippen LogP contribution in [-0.2, 0) is 15.6 Å². The molecule has 6 nitrogen and oxygen atoms in total. The van der Waals surface area contributed by atoms with Crippen molar-refractivity contribution in [1.29, 1.82) is 0 Å². The molecule has 0 saturated heterocycles. The van der Waals surface area contributed by atoms with Gasteiger partial charge < -0.3 is 5.11 Å². The second kappa shape index (κ2) is 8.91. The molecule has 0 radical (unpaired) electrons. The molecule has 0 unspecified atom stereocenters. The molecule has 162 valence electrons. The van der Waals surface area contributed by atoms with Gasteiger partial charge in [0, 0.05) is 0 Å². The molecule has 0 bridgehead atoms. The molecule has 0 heterocycles. The van der Waals surface area contributed by atoms with Gasteiger partial charge in [0.15, 0.2) is 0 Å². The number of benzene rings is 3. The van der Waals surface area contributed by atoms with Crippen molar-refractivity contribution in [3.05, 3.63) is 102 Å². The molecule has 0 saturated carbocycles.